The number of ether oxygens (including phenoxy) is 1. The third-order valence-electron chi connectivity index (χ3n) is 1.90. The van der Waals surface area contributed by atoms with Gasteiger partial charge in [0, 0.05) is 5.38 Å². The predicted octanol–water partition coefficient (Wildman–Crippen LogP) is 3.79. The van der Waals surface area contributed by atoms with Gasteiger partial charge in [0.1, 0.15) is 12.4 Å². The van der Waals surface area contributed by atoms with Gasteiger partial charge < -0.3 is 4.74 Å². The molecule has 0 radical (unpaired) electrons. The van der Waals surface area contributed by atoms with Gasteiger partial charge >= 0.3 is 0 Å². The van der Waals surface area contributed by atoms with E-state index in [1.807, 2.05) is 36.6 Å². The lowest BCUT2D eigenvalue weighted by atomic mass is 10.2. The maximum absolute atomic E-state index is 5.61. The number of nitrogens with zero attached hydrogens (tertiary/aromatic N) is 1. The third kappa shape index (κ3) is 3.04. The first-order chi connectivity index (χ1) is 7.24. The van der Waals surface area contributed by atoms with Crippen molar-refractivity contribution in [3.63, 3.8) is 0 Å². The Labute approximate surface area is 101 Å². The first-order valence-electron chi connectivity index (χ1n) is 4.53. The van der Waals surface area contributed by atoms with Gasteiger partial charge in [0.15, 0.2) is 3.92 Å². The first kappa shape index (κ1) is 10.6. The maximum atomic E-state index is 5.61. The molecule has 0 fully saturated rings. The number of aromatic nitrogens is 1. The zero-order valence-electron chi connectivity index (χ0n) is 8.24. The lowest BCUT2D eigenvalue weighted by Crippen LogP contribution is -1.95. The zero-order valence-corrected chi connectivity index (χ0v) is 10.6. The molecule has 4 heteroatoms. The summed E-state index contributed by atoms with van der Waals surface area (Å²) in [6.07, 6.45) is 0. The molecule has 0 saturated carbocycles. The maximum Gasteiger partial charge on any atom is 0.159 e. The van der Waals surface area contributed by atoms with E-state index in [2.05, 4.69) is 20.9 Å². The van der Waals surface area contributed by atoms with Gasteiger partial charge in [0.05, 0.1) is 5.69 Å². The summed E-state index contributed by atoms with van der Waals surface area (Å²) < 4.78 is 6.50. The van der Waals surface area contributed by atoms with Gasteiger partial charge in [-0.2, -0.15) is 0 Å². The Morgan fingerprint density at radius 3 is 3.00 bits per heavy atom. The van der Waals surface area contributed by atoms with Crippen LogP contribution in [0.3, 0.4) is 0 Å². The van der Waals surface area contributed by atoms with E-state index in [0.29, 0.717) is 6.61 Å². The highest BCUT2D eigenvalue weighted by Gasteiger charge is 2.00. The molecule has 1 aromatic heterocycles. The van der Waals surface area contributed by atoms with E-state index in [0.717, 1.165) is 15.4 Å². The molecule has 2 aromatic rings. The van der Waals surface area contributed by atoms with E-state index in [4.69, 9.17) is 4.74 Å². The van der Waals surface area contributed by atoms with Crippen LogP contribution in [0.5, 0.6) is 5.75 Å². The van der Waals surface area contributed by atoms with Crippen molar-refractivity contribution in [1.29, 1.82) is 0 Å². The Bertz CT molecular complexity index is 455. The van der Waals surface area contributed by atoms with E-state index in [1.54, 1.807) is 11.3 Å². The van der Waals surface area contributed by atoms with Crippen molar-refractivity contribution in [2.75, 3.05) is 0 Å². The van der Waals surface area contributed by atoms with Gasteiger partial charge in [-0.15, -0.1) is 11.3 Å². The molecule has 78 valence electrons. The molecule has 0 unspecified atom stereocenters. The van der Waals surface area contributed by atoms with Crippen molar-refractivity contribution in [3.05, 3.63) is 44.8 Å². The molecule has 1 aromatic carbocycles. The van der Waals surface area contributed by atoms with Crippen LogP contribution in [0.15, 0.2) is 33.6 Å². The fourth-order valence-electron chi connectivity index (χ4n) is 1.21. The Morgan fingerprint density at radius 2 is 2.33 bits per heavy atom. The molecule has 15 heavy (non-hydrogen) atoms. The molecular weight excluding hydrogens is 274 g/mol. The molecular formula is C11H10BrNOS. The average Bonchev–Trinajstić information content (AvgIpc) is 2.62. The van der Waals surface area contributed by atoms with E-state index in [9.17, 15) is 0 Å². The fourth-order valence-corrected chi connectivity index (χ4v) is 2.24. The predicted molar refractivity (Wildman–Crippen MR) is 65.3 cm³/mol. The molecule has 0 aliphatic carbocycles. The van der Waals surface area contributed by atoms with Crippen LogP contribution >= 0.6 is 27.3 Å². The van der Waals surface area contributed by atoms with Crippen molar-refractivity contribution in [2.45, 2.75) is 13.5 Å². The summed E-state index contributed by atoms with van der Waals surface area (Å²) in [6, 6.07) is 8.00. The van der Waals surface area contributed by atoms with Crippen molar-refractivity contribution < 1.29 is 4.74 Å². The van der Waals surface area contributed by atoms with Gasteiger partial charge in [0.25, 0.3) is 0 Å². The van der Waals surface area contributed by atoms with Gasteiger partial charge in [-0.05, 0) is 40.5 Å². The third-order valence-corrected chi connectivity index (χ3v) is 3.31. The molecule has 1 heterocycles. The van der Waals surface area contributed by atoms with Gasteiger partial charge in [-0.25, -0.2) is 4.98 Å². The van der Waals surface area contributed by atoms with E-state index >= 15 is 0 Å². The number of aryl methyl sites for hydroxylation is 1. The normalized spacial score (nSPS) is 10.3. The summed E-state index contributed by atoms with van der Waals surface area (Å²) in [4.78, 5) is 4.26. The molecule has 0 bridgehead atoms. The van der Waals surface area contributed by atoms with Crippen LogP contribution in [0.4, 0.5) is 0 Å². The van der Waals surface area contributed by atoms with Crippen molar-refractivity contribution in [1.82, 2.24) is 4.98 Å². The molecule has 0 saturated heterocycles. The molecule has 0 aliphatic heterocycles. The number of benzene rings is 1. The van der Waals surface area contributed by atoms with Gasteiger partial charge in [-0.1, -0.05) is 12.1 Å². The summed E-state index contributed by atoms with van der Waals surface area (Å²) in [5.74, 6) is 0.888. The van der Waals surface area contributed by atoms with Crippen molar-refractivity contribution >= 4 is 27.3 Å². The summed E-state index contributed by atoms with van der Waals surface area (Å²) in [6.45, 7) is 2.57. The Balaban J connectivity index is 1.99. The molecule has 2 rings (SSSR count). The summed E-state index contributed by atoms with van der Waals surface area (Å²) >= 11 is 4.89. The average molecular weight is 284 g/mol. The number of thiazole rings is 1. The molecule has 0 amide bonds. The summed E-state index contributed by atoms with van der Waals surface area (Å²) in [7, 11) is 0. The van der Waals surface area contributed by atoms with E-state index < -0.39 is 0 Å². The Morgan fingerprint density at radius 1 is 1.47 bits per heavy atom. The molecule has 0 spiro atoms. The summed E-state index contributed by atoms with van der Waals surface area (Å²) in [5, 5.41) is 1.99. The highest BCUT2D eigenvalue weighted by molar-refractivity contribution is 9.11. The molecule has 0 aliphatic rings. The Hall–Kier alpha value is -0.870. The topological polar surface area (TPSA) is 22.1 Å². The summed E-state index contributed by atoms with van der Waals surface area (Å²) in [5.41, 5.74) is 2.15. The first-order valence-corrected chi connectivity index (χ1v) is 6.21. The smallest absolute Gasteiger partial charge is 0.159 e. The minimum Gasteiger partial charge on any atom is -0.487 e. The van der Waals surface area contributed by atoms with Crippen LogP contribution in [0.25, 0.3) is 0 Å². The van der Waals surface area contributed by atoms with E-state index in [1.165, 1.54) is 5.56 Å². The monoisotopic (exact) mass is 283 g/mol. The lowest BCUT2D eigenvalue weighted by molar-refractivity contribution is 0.302. The zero-order chi connectivity index (χ0) is 10.7. The lowest BCUT2D eigenvalue weighted by Gasteiger charge is -2.04. The number of rotatable bonds is 3. The van der Waals surface area contributed by atoms with E-state index in [-0.39, 0.29) is 0 Å². The van der Waals surface area contributed by atoms with Crippen LogP contribution < -0.4 is 4.74 Å². The molecule has 0 N–H and O–H groups in total. The minimum atomic E-state index is 0.519. The second-order valence-corrected chi connectivity index (χ2v) is 5.33. The van der Waals surface area contributed by atoms with Gasteiger partial charge in [0.2, 0.25) is 0 Å². The second-order valence-electron chi connectivity index (χ2n) is 3.20. The standard InChI is InChI=1S/C11H10BrNOS/c1-8-3-2-4-10(5-8)14-6-9-7-15-11(12)13-9/h2-5,7H,6H2,1H3. The van der Waals surface area contributed by atoms with Gasteiger partial charge in [-0.3, -0.25) is 0 Å². The SMILES string of the molecule is Cc1cccc(OCc2csc(Br)n2)c1. The van der Waals surface area contributed by atoms with Crippen molar-refractivity contribution in [3.8, 4) is 5.75 Å². The second kappa shape index (κ2) is 4.77. The fraction of sp³-hybridized carbons (Fsp3) is 0.182. The van der Waals surface area contributed by atoms with Crippen molar-refractivity contribution in [2.24, 2.45) is 0 Å². The Kier molecular flexibility index (Phi) is 3.38. The molecule has 0 atom stereocenters. The minimum absolute atomic E-state index is 0.519. The number of hydrogen-bond acceptors (Lipinski definition) is 3. The highest BCUT2D eigenvalue weighted by atomic mass is 79.9. The van der Waals surface area contributed by atoms with Crippen LogP contribution in [-0.4, -0.2) is 4.98 Å². The van der Waals surface area contributed by atoms with Crippen LogP contribution in [0.1, 0.15) is 11.3 Å². The molecule has 2 nitrogen and oxygen atoms in total. The van der Waals surface area contributed by atoms with Crippen LogP contribution in [-0.2, 0) is 6.61 Å². The number of halogens is 1. The largest absolute Gasteiger partial charge is 0.487 e. The highest BCUT2D eigenvalue weighted by Crippen LogP contribution is 2.18. The number of hydrogen-bond donors (Lipinski definition) is 0. The quantitative estimate of drug-likeness (QED) is 0.855. The van der Waals surface area contributed by atoms with Crippen LogP contribution in [0, 0.1) is 6.92 Å². The van der Waals surface area contributed by atoms with Crippen LogP contribution in [0.2, 0.25) is 0 Å².